The van der Waals surface area contributed by atoms with Crippen LogP contribution < -0.4 is 5.56 Å². The first-order valence-corrected chi connectivity index (χ1v) is 9.64. The highest BCUT2D eigenvalue weighted by atomic mass is 32.2. The Morgan fingerprint density at radius 3 is 2.80 bits per heavy atom. The standard InChI is InChI=1S/C17H18N2O5S/c20-15-6-3-11-8-13(4-5-14(11)18-15)25(23,24)19-9-12-2-1-7-17(12,10-19)16(21)22/h3-6,8,12H,1-2,7,9-10H2,(H,18,20)(H,21,22)/t12-,17+/m0/s1. The van der Waals surface area contributed by atoms with E-state index in [4.69, 9.17) is 0 Å². The van der Waals surface area contributed by atoms with Gasteiger partial charge in [0.2, 0.25) is 15.6 Å². The molecule has 2 heterocycles. The number of carboxylic acids is 1. The van der Waals surface area contributed by atoms with Crippen LogP contribution in [0.2, 0.25) is 0 Å². The van der Waals surface area contributed by atoms with Crippen molar-refractivity contribution in [1.82, 2.24) is 9.29 Å². The Labute approximate surface area is 144 Å². The monoisotopic (exact) mass is 362 g/mol. The molecule has 2 aromatic rings. The summed E-state index contributed by atoms with van der Waals surface area (Å²) in [6.07, 6.45) is 2.10. The van der Waals surface area contributed by atoms with Gasteiger partial charge in [-0.05, 0) is 48.4 Å². The normalized spacial score (nSPS) is 26.8. The van der Waals surface area contributed by atoms with E-state index in [0.29, 0.717) is 17.3 Å². The molecule has 132 valence electrons. The van der Waals surface area contributed by atoms with Gasteiger partial charge in [-0.15, -0.1) is 0 Å². The maximum absolute atomic E-state index is 13.0. The Hall–Kier alpha value is -2.19. The minimum absolute atomic E-state index is 0.0268. The van der Waals surface area contributed by atoms with Crippen LogP contribution in [0.15, 0.2) is 40.0 Å². The molecule has 0 spiro atoms. The van der Waals surface area contributed by atoms with E-state index in [1.54, 1.807) is 12.1 Å². The molecule has 8 heteroatoms. The molecule has 1 aromatic carbocycles. The Morgan fingerprint density at radius 1 is 1.28 bits per heavy atom. The van der Waals surface area contributed by atoms with Gasteiger partial charge in [0.05, 0.1) is 10.3 Å². The zero-order chi connectivity index (χ0) is 17.8. The molecule has 1 saturated heterocycles. The molecule has 1 saturated carbocycles. The predicted molar refractivity (Wildman–Crippen MR) is 90.7 cm³/mol. The first-order chi connectivity index (χ1) is 11.8. The third-order valence-electron chi connectivity index (χ3n) is 5.60. The number of aromatic amines is 1. The molecular formula is C17H18N2O5S. The number of nitrogens with zero attached hydrogens (tertiary/aromatic N) is 1. The van der Waals surface area contributed by atoms with Crippen molar-refractivity contribution < 1.29 is 18.3 Å². The van der Waals surface area contributed by atoms with Gasteiger partial charge in [0.25, 0.3) is 0 Å². The van der Waals surface area contributed by atoms with Crippen LogP contribution in [0.25, 0.3) is 10.9 Å². The molecule has 0 bridgehead atoms. The molecule has 1 aliphatic heterocycles. The summed E-state index contributed by atoms with van der Waals surface area (Å²) in [4.78, 5) is 25.9. The van der Waals surface area contributed by atoms with Gasteiger partial charge in [0, 0.05) is 24.7 Å². The van der Waals surface area contributed by atoms with Crippen molar-refractivity contribution in [2.45, 2.75) is 24.2 Å². The van der Waals surface area contributed by atoms with E-state index in [1.807, 2.05) is 0 Å². The summed E-state index contributed by atoms with van der Waals surface area (Å²) in [6, 6.07) is 7.45. The number of hydrogen-bond donors (Lipinski definition) is 2. The number of carboxylic acid groups (broad SMARTS) is 1. The van der Waals surface area contributed by atoms with Crippen molar-refractivity contribution in [3.8, 4) is 0 Å². The first kappa shape index (κ1) is 16.3. The summed E-state index contributed by atoms with van der Waals surface area (Å²) in [7, 11) is -3.78. The van der Waals surface area contributed by atoms with Crippen LogP contribution in [0.3, 0.4) is 0 Å². The van der Waals surface area contributed by atoms with Crippen molar-refractivity contribution in [3.05, 3.63) is 40.7 Å². The highest BCUT2D eigenvalue weighted by Crippen LogP contribution is 2.50. The second kappa shape index (κ2) is 5.40. The van der Waals surface area contributed by atoms with Crippen LogP contribution in [0.5, 0.6) is 0 Å². The molecule has 2 N–H and O–H groups in total. The van der Waals surface area contributed by atoms with E-state index in [1.165, 1.54) is 22.5 Å². The van der Waals surface area contributed by atoms with E-state index < -0.39 is 21.4 Å². The smallest absolute Gasteiger partial charge is 0.311 e. The largest absolute Gasteiger partial charge is 0.481 e. The van der Waals surface area contributed by atoms with E-state index in [2.05, 4.69) is 4.98 Å². The molecule has 2 atom stereocenters. The maximum Gasteiger partial charge on any atom is 0.311 e. The summed E-state index contributed by atoms with van der Waals surface area (Å²) in [5.41, 5.74) is -0.638. The molecule has 0 amide bonds. The summed E-state index contributed by atoms with van der Waals surface area (Å²) < 4.78 is 27.3. The summed E-state index contributed by atoms with van der Waals surface area (Å²) >= 11 is 0. The van der Waals surface area contributed by atoms with Gasteiger partial charge in [-0.1, -0.05) is 6.42 Å². The lowest BCUT2D eigenvalue weighted by Gasteiger charge is -2.23. The van der Waals surface area contributed by atoms with Crippen LogP contribution in [0, 0.1) is 11.3 Å². The van der Waals surface area contributed by atoms with E-state index >= 15 is 0 Å². The molecule has 1 aromatic heterocycles. The molecule has 1 aliphatic carbocycles. The Kier molecular flexibility index (Phi) is 3.52. The van der Waals surface area contributed by atoms with Crippen LogP contribution in [0.4, 0.5) is 0 Å². The third-order valence-corrected chi connectivity index (χ3v) is 7.41. The summed E-state index contributed by atoms with van der Waals surface area (Å²) in [5.74, 6) is -1.03. The average Bonchev–Trinajstić information content (AvgIpc) is 3.12. The Bertz CT molecular complexity index is 1030. The number of H-pyrrole nitrogens is 1. The number of carbonyl (C=O) groups is 1. The number of nitrogens with one attached hydrogen (secondary N) is 1. The SMILES string of the molecule is O=C(O)[C@@]12CCC[C@H]1CN(S(=O)(=O)c1ccc3[nH]c(=O)ccc3c1)C2. The van der Waals surface area contributed by atoms with E-state index in [0.717, 1.165) is 12.8 Å². The van der Waals surface area contributed by atoms with Crippen LogP contribution >= 0.6 is 0 Å². The van der Waals surface area contributed by atoms with Crippen molar-refractivity contribution in [3.63, 3.8) is 0 Å². The topological polar surface area (TPSA) is 108 Å². The number of benzene rings is 1. The lowest BCUT2D eigenvalue weighted by atomic mass is 9.81. The fourth-order valence-corrected chi connectivity index (χ4v) is 5.81. The second-order valence-electron chi connectivity index (χ2n) is 6.92. The number of pyridine rings is 1. The van der Waals surface area contributed by atoms with Crippen LogP contribution in [0.1, 0.15) is 19.3 Å². The number of hydrogen-bond acceptors (Lipinski definition) is 4. The minimum atomic E-state index is -3.78. The number of rotatable bonds is 3. The highest BCUT2D eigenvalue weighted by Gasteiger charge is 2.57. The first-order valence-electron chi connectivity index (χ1n) is 8.20. The maximum atomic E-state index is 13.0. The van der Waals surface area contributed by atoms with Gasteiger partial charge in [-0.25, -0.2) is 8.42 Å². The Morgan fingerprint density at radius 2 is 2.08 bits per heavy atom. The molecular weight excluding hydrogens is 344 g/mol. The van der Waals surface area contributed by atoms with Gasteiger partial charge in [-0.3, -0.25) is 9.59 Å². The summed E-state index contributed by atoms with van der Waals surface area (Å²) in [5, 5.41) is 10.3. The van der Waals surface area contributed by atoms with Gasteiger partial charge >= 0.3 is 5.97 Å². The zero-order valence-electron chi connectivity index (χ0n) is 13.4. The second-order valence-corrected chi connectivity index (χ2v) is 8.86. The van der Waals surface area contributed by atoms with Gasteiger partial charge < -0.3 is 10.1 Å². The molecule has 0 radical (unpaired) electrons. The van der Waals surface area contributed by atoms with Crippen molar-refractivity contribution >= 4 is 26.9 Å². The van der Waals surface area contributed by atoms with Gasteiger partial charge in [0.15, 0.2) is 0 Å². The number of sulfonamides is 1. The van der Waals surface area contributed by atoms with Crippen molar-refractivity contribution in [1.29, 1.82) is 0 Å². The van der Waals surface area contributed by atoms with Crippen molar-refractivity contribution in [2.75, 3.05) is 13.1 Å². The fraction of sp³-hybridized carbons (Fsp3) is 0.412. The Balaban J connectivity index is 1.72. The molecule has 25 heavy (non-hydrogen) atoms. The minimum Gasteiger partial charge on any atom is -0.481 e. The quantitative estimate of drug-likeness (QED) is 0.858. The molecule has 7 nitrogen and oxygen atoms in total. The molecule has 0 unspecified atom stereocenters. The number of aliphatic carboxylic acids is 1. The van der Waals surface area contributed by atoms with Gasteiger partial charge in [0.1, 0.15) is 0 Å². The number of fused-ring (bicyclic) bond motifs is 2. The predicted octanol–water partition coefficient (Wildman–Crippen LogP) is 1.40. The third kappa shape index (κ3) is 2.39. The average molecular weight is 362 g/mol. The van der Waals surface area contributed by atoms with E-state index in [9.17, 15) is 23.1 Å². The highest BCUT2D eigenvalue weighted by molar-refractivity contribution is 7.89. The summed E-state index contributed by atoms with van der Waals surface area (Å²) in [6.45, 7) is 0.275. The molecule has 4 rings (SSSR count). The lowest BCUT2D eigenvalue weighted by Crippen LogP contribution is -2.37. The van der Waals surface area contributed by atoms with E-state index in [-0.39, 0.29) is 29.5 Å². The fourth-order valence-electron chi connectivity index (χ4n) is 4.22. The van der Waals surface area contributed by atoms with Crippen LogP contribution in [-0.2, 0) is 14.8 Å². The lowest BCUT2D eigenvalue weighted by molar-refractivity contribution is -0.149. The van der Waals surface area contributed by atoms with Crippen molar-refractivity contribution in [2.24, 2.45) is 11.3 Å². The molecule has 2 fully saturated rings. The van der Waals surface area contributed by atoms with Gasteiger partial charge in [-0.2, -0.15) is 4.31 Å². The number of aromatic nitrogens is 1. The van der Waals surface area contributed by atoms with Crippen LogP contribution in [-0.4, -0.2) is 41.9 Å². The zero-order valence-corrected chi connectivity index (χ0v) is 14.3. The molecule has 2 aliphatic rings.